The van der Waals surface area contributed by atoms with Crippen molar-refractivity contribution in [3.63, 3.8) is 0 Å². The second kappa shape index (κ2) is 6.72. The molecule has 5 nitrogen and oxygen atoms in total. The van der Waals surface area contributed by atoms with Gasteiger partial charge in [0.15, 0.2) is 0 Å². The average molecular weight is 290 g/mol. The number of rotatable bonds is 5. The second-order valence-corrected chi connectivity index (χ2v) is 5.74. The van der Waals surface area contributed by atoms with Gasteiger partial charge in [-0.1, -0.05) is 24.3 Å². The molecule has 0 aliphatic carbocycles. The lowest BCUT2D eigenvalue weighted by Crippen LogP contribution is -2.35. The standard InChI is InChI=1S/C16H22N2O3/c1-11(2)18-9-14(7-15(18)20)16(21)17-8-12-4-3-5-13(6-12)10-19/h3-6,11,14,19H,7-10H2,1-2H3,(H,17,21). The zero-order valence-electron chi connectivity index (χ0n) is 12.5. The fourth-order valence-electron chi connectivity index (χ4n) is 2.58. The normalized spacial score (nSPS) is 18.4. The number of likely N-dealkylation sites (tertiary alicyclic amines) is 1. The molecule has 114 valence electrons. The van der Waals surface area contributed by atoms with Gasteiger partial charge >= 0.3 is 0 Å². The molecule has 1 fully saturated rings. The fraction of sp³-hybridized carbons (Fsp3) is 0.500. The number of aliphatic hydroxyl groups is 1. The minimum absolute atomic E-state index is 0.0116. The number of benzene rings is 1. The number of carbonyl (C=O) groups is 2. The van der Waals surface area contributed by atoms with E-state index in [1.54, 1.807) is 4.90 Å². The molecule has 1 aromatic carbocycles. The van der Waals surface area contributed by atoms with Gasteiger partial charge in [0.05, 0.1) is 12.5 Å². The number of amides is 2. The number of nitrogens with zero attached hydrogens (tertiary/aromatic N) is 1. The number of carbonyl (C=O) groups excluding carboxylic acids is 2. The summed E-state index contributed by atoms with van der Waals surface area (Å²) in [5.74, 6) is -0.297. The molecule has 0 spiro atoms. The van der Waals surface area contributed by atoms with E-state index in [1.165, 1.54) is 0 Å². The minimum atomic E-state index is -0.263. The van der Waals surface area contributed by atoms with Crippen molar-refractivity contribution in [2.24, 2.45) is 5.92 Å². The van der Waals surface area contributed by atoms with Crippen LogP contribution in [0.15, 0.2) is 24.3 Å². The van der Waals surface area contributed by atoms with Crippen LogP contribution in [0, 0.1) is 5.92 Å². The number of aliphatic hydroxyl groups excluding tert-OH is 1. The smallest absolute Gasteiger partial charge is 0.225 e. The number of hydrogen-bond acceptors (Lipinski definition) is 3. The summed E-state index contributed by atoms with van der Waals surface area (Å²) in [6, 6.07) is 7.59. The van der Waals surface area contributed by atoms with Crippen molar-refractivity contribution >= 4 is 11.8 Å². The van der Waals surface area contributed by atoms with E-state index in [-0.39, 0.29) is 30.4 Å². The Kier molecular flexibility index (Phi) is 4.96. The summed E-state index contributed by atoms with van der Waals surface area (Å²) in [6.45, 7) is 4.82. The van der Waals surface area contributed by atoms with Crippen molar-refractivity contribution in [2.45, 2.75) is 39.5 Å². The molecule has 1 aromatic rings. The third-order valence-electron chi connectivity index (χ3n) is 3.79. The van der Waals surface area contributed by atoms with Crippen LogP contribution in [0.2, 0.25) is 0 Å². The summed E-state index contributed by atoms with van der Waals surface area (Å²) in [4.78, 5) is 25.7. The largest absolute Gasteiger partial charge is 0.392 e. The summed E-state index contributed by atoms with van der Waals surface area (Å²) in [5.41, 5.74) is 1.77. The van der Waals surface area contributed by atoms with Crippen molar-refractivity contribution < 1.29 is 14.7 Å². The van der Waals surface area contributed by atoms with Crippen LogP contribution in [-0.2, 0) is 22.7 Å². The first-order chi connectivity index (χ1) is 10.0. The molecule has 2 amide bonds. The van der Waals surface area contributed by atoms with E-state index in [2.05, 4.69) is 5.32 Å². The quantitative estimate of drug-likeness (QED) is 0.851. The summed E-state index contributed by atoms with van der Waals surface area (Å²) >= 11 is 0. The third-order valence-corrected chi connectivity index (χ3v) is 3.79. The van der Waals surface area contributed by atoms with Crippen molar-refractivity contribution in [1.29, 1.82) is 0 Å². The van der Waals surface area contributed by atoms with Gasteiger partial charge in [0.1, 0.15) is 0 Å². The van der Waals surface area contributed by atoms with E-state index < -0.39 is 0 Å². The van der Waals surface area contributed by atoms with Gasteiger partial charge in [0.2, 0.25) is 11.8 Å². The first-order valence-electron chi connectivity index (χ1n) is 7.27. The van der Waals surface area contributed by atoms with Crippen LogP contribution in [0.4, 0.5) is 0 Å². The molecule has 1 aliphatic rings. The van der Waals surface area contributed by atoms with E-state index in [0.717, 1.165) is 11.1 Å². The highest BCUT2D eigenvalue weighted by Crippen LogP contribution is 2.20. The Hall–Kier alpha value is -1.88. The monoisotopic (exact) mass is 290 g/mol. The lowest BCUT2D eigenvalue weighted by Gasteiger charge is -2.20. The van der Waals surface area contributed by atoms with E-state index in [4.69, 9.17) is 5.11 Å². The Morgan fingerprint density at radius 3 is 2.76 bits per heavy atom. The highest BCUT2D eigenvalue weighted by atomic mass is 16.3. The Balaban J connectivity index is 1.89. The highest BCUT2D eigenvalue weighted by molar-refractivity contribution is 5.89. The van der Waals surface area contributed by atoms with Gasteiger partial charge in [0, 0.05) is 25.6 Å². The summed E-state index contributed by atoms with van der Waals surface area (Å²) in [7, 11) is 0. The number of hydrogen-bond donors (Lipinski definition) is 2. The van der Waals surface area contributed by atoms with E-state index in [9.17, 15) is 9.59 Å². The van der Waals surface area contributed by atoms with Crippen LogP contribution in [0.25, 0.3) is 0 Å². The Morgan fingerprint density at radius 2 is 2.14 bits per heavy atom. The van der Waals surface area contributed by atoms with Gasteiger partial charge in [-0.25, -0.2) is 0 Å². The van der Waals surface area contributed by atoms with Gasteiger partial charge in [-0.15, -0.1) is 0 Å². The predicted octanol–water partition coefficient (Wildman–Crippen LogP) is 1.05. The fourth-order valence-corrected chi connectivity index (χ4v) is 2.58. The van der Waals surface area contributed by atoms with Crippen LogP contribution in [0.3, 0.4) is 0 Å². The molecule has 0 aromatic heterocycles. The van der Waals surface area contributed by atoms with Crippen LogP contribution in [0.1, 0.15) is 31.4 Å². The van der Waals surface area contributed by atoms with E-state index >= 15 is 0 Å². The number of nitrogens with one attached hydrogen (secondary N) is 1. The first kappa shape index (κ1) is 15.5. The van der Waals surface area contributed by atoms with Crippen LogP contribution < -0.4 is 5.32 Å². The SMILES string of the molecule is CC(C)N1CC(C(=O)NCc2cccc(CO)c2)CC1=O. The van der Waals surface area contributed by atoms with Crippen molar-refractivity contribution in [1.82, 2.24) is 10.2 Å². The summed E-state index contributed by atoms with van der Waals surface area (Å²) < 4.78 is 0. The van der Waals surface area contributed by atoms with Gasteiger partial charge in [-0.3, -0.25) is 9.59 Å². The molecule has 2 N–H and O–H groups in total. The molecule has 1 atom stereocenters. The molecule has 1 aliphatic heterocycles. The molecule has 0 saturated carbocycles. The van der Waals surface area contributed by atoms with Gasteiger partial charge < -0.3 is 15.3 Å². The highest BCUT2D eigenvalue weighted by Gasteiger charge is 2.35. The van der Waals surface area contributed by atoms with E-state index in [0.29, 0.717) is 19.5 Å². The maximum Gasteiger partial charge on any atom is 0.225 e. The molecule has 0 radical (unpaired) electrons. The van der Waals surface area contributed by atoms with Crippen LogP contribution in [-0.4, -0.2) is 34.4 Å². The zero-order chi connectivity index (χ0) is 15.4. The molecule has 5 heteroatoms. The molecule has 2 rings (SSSR count). The van der Waals surface area contributed by atoms with Gasteiger partial charge in [0.25, 0.3) is 0 Å². The molecule has 1 unspecified atom stereocenters. The van der Waals surface area contributed by atoms with Crippen molar-refractivity contribution in [2.75, 3.05) is 6.54 Å². The first-order valence-corrected chi connectivity index (χ1v) is 7.27. The van der Waals surface area contributed by atoms with Crippen LogP contribution >= 0.6 is 0 Å². The molecular weight excluding hydrogens is 268 g/mol. The zero-order valence-corrected chi connectivity index (χ0v) is 12.5. The Morgan fingerprint density at radius 1 is 1.43 bits per heavy atom. The third kappa shape index (κ3) is 3.82. The van der Waals surface area contributed by atoms with Crippen molar-refractivity contribution in [3.05, 3.63) is 35.4 Å². The van der Waals surface area contributed by atoms with Gasteiger partial charge in [-0.05, 0) is 25.0 Å². The molecule has 0 bridgehead atoms. The molecule has 1 saturated heterocycles. The Labute approximate surface area is 125 Å². The topological polar surface area (TPSA) is 69.6 Å². The van der Waals surface area contributed by atoms with Gasteiger partial charge in [-0.2, -0.15) is 0 Å². The Bertz CT molecular complexity index is 528. The average Bonchev–Trinajstić information content (AvgIpc) is 2.87. The maximum atomic E-state index is 12.1. The predicted molar refractivity (Wildman–Crippen MR) is 79.2 cm³/mol. The lowest BCUT2D eigenvalue weighted by atomic mass is 10.1. The molecular formula is C16H22N2O3. The molecule has 1 heterocycles. The second-order valence-electron chi connectivity index (χ2n) is 5.74. The summed E-state index contributed by atoms with van der Waals surface area (Å²) in [5, 5.41) is 12.0. The molecule has 21 heavy (non-hydrogen) atoms. The lowest BCUT2D eigenvalue weighted by molar-refractivity contribution is -0.129. The maximum absolute atomic E-state index is 12.1. The van der Waals surface area contributed by atoms with Crippen molar-refractivity contribution in [3.8, 4) is 0 Å². The summed E-state index contributed by atoms with van der Waals surface area (Å²) in [6.07, 6.45) is 0.292. The van der Waals surface area contributed by atoms with Crippen LogP contribution in [0.5, 0.6) is 0 Å². The minimum Gasteiger partial charge on any atom is -0.392 e. The van der Waals surface area contributed by atoms with E-state index in [1.807, 2.05) is 38.1 Å².